The average Bonchev–Trinajstić information content (AvgIpc) is 3.23. The van der Waals surface area contributed by atoms with Crippen LogP contribution in [0.25, 0.3) is 0 Å². The van der Waals surface area contributed by atoms with Gasteiger partial charge in [-0.2, -0.15) is 13.2 Å². The molecule has 2 N–H and O–H groups in total. The van der Waals surface area contributed by atoms with E-state index in [2.05, 4.69) is 14.6 Å². The van der Waals surface area contributed by atoms with Gasteiger partial charge in [-0.05, 0) is 25.7 Å². The zero-order chi connectivity index (χ0) is 21.7. The SMILES string of the molecule is CS(=O)(=O)NC[C@@H]1CCC[C@]2(CCN(Cc3nccs3)C2)O1.O=C(O)C(F)(F)F. The van der Waals surface area contributed by atoms with Crippen molar-refractivity contribution >= 4 is 27.3 Å². The van der Waals surface area contributed by atoms with E-state index in [0.29, 0.717) is 6.54 Å². The number of hydrogen-bond donors (Lipinski definition) is 2. The van der Waals surface area contributed by atoms with E-state index >= 15 is 0 Å². The Morgan fingerprint density at radius 2 is 2.17 bits per heavy atom. The molecule has 8 nitrogen and oxygen atoms in total. The van der Waals surface area contributed by atoms with Crippen molar-refractivity contribution in [2.24, 2.45) is 0 Å². The van der Waals surface area contributed by atoms with E-state index in [9.17, 15) is 21.6 Å². The lowest BCUT2D eigenvalue weighted by Gasteiger charge is -2.38. The summed E-state index contributed by atoms with van der Waals surface area (Å²) in [6, 6.07) is 0. The Morgan fingerprint density at radius 1 is 1.48 bits per heavy atom. The standard InChI is InChI=1S/C14H23N3O3S2.C2HF3O2/c1-22(18,19)16-9-12-3-2-4-14(20-12)5-7-17(11-14)10-13-15-6-8-21-13;3-2(4,5)1(6)7/h6,8,12,16H,2-5,7,9-11H2,1H3;(H,6,7)/t12-,14+;/m0./s1. The summed E-state index contributed by atoms with van der Waals surface area (Å²) < 4.78 is 63.1. The zero-order valence-electron chi connectivity index (χ0n) is 15.8. The predicted octanol–water partition coefficient (Wildman–Crippen LogP) is 1.84. The van der Waals surface area contributed by atoms with Crippen LogP contribution in [0.2, 0.25) is 0 Å². The van der Waals surface area contributed by atoms with Gasteiger partial charge in [0.1, 0.15) is 5.01 Å². The third kappa shape index (κ3) is 8.16. The Kier molecular flexibility index (Phi) is 8.01. The third-order valence-electron chi connectivity index (χ3n) is 4.63. The van der Waals surface area contributed by atoms with Crippen molar-refractivity contribution in [1.29, 1.82) is 0 Å². The number of hydrogen-bond acceptors (Lipinski definition) is 7. The van der Waals surface area contributed by atoms with Crippen LogP contribution in [-0.2, 0) is 26.1 Å². The number of carbonyl (C=O) groups is 1. The maximum Gasteiger partial charge on any atom is 0.490 e. The number of nitrogens with zero attached hydrogens (tertiary/aromatic N) is 2. The van der Waals surface area contributed by atoms with Crippen LogP contribution in [0, 0.1) is 0 Å². The molecule has 166 valence electrons. The number of nitrogens with one attached hydrogen (secondary N) is 1. The first-order valence-electron chi connectivity index (χ1n) is 8.92. The average molecular weight is 460 g/mol. The Hall–Kier alpha value is -1.28. The third-order valence-corrected chi connectivity index (χ3v) is 6.08. The van der Waals surface area contributed by atoms with Gasteiger partial charge in [-0.25, -0.2) is 22.9 Å². The van der Waals surface area contributed by atoms with Crippen LogP contribution in [0.1, 0.15) is 30.7 Å². The second-order valence-electron chi connectivity index (χ2n) is 7.13. The molecule has 13 heteroatoms. The molecule has 2 atom stereocenters. The fourth-order valence-corrected chi connectivity index (χ4v) is 4.54. The van der Waals surface area contributed by atoms with Gasteiger partial charge in [0.2, 0.25) is 10.0 Å². The molecule has 0 aliphatic carbocycles. The molecular formula is C16H24F3N3O5S2. The molecule has 3 rings (SSSR count). The van der Waals surface area contributed by atoms with Gasteiger partial charge in [-0.15, -0.1) is 11.3 Å². The number of ether oxygens (including phenoxy) is 1. The number of aliphatic carboxylic acids is 1. The van der Waals surface area contributed by atoms with Gasteiger partial charge in [-0.3, -0.25) is 4.90 Å². The summed E-state index contributed by atoms with van der Waals surface area (Å²) in [5, 5.41) is 10.3. The van der Waals surface area contributed by atoms with Crippen molar-refractivity contribution in [1.82, 2.24) is 14.6 Å². The van der Waals surface area contributed by atoms with Crippen LogP contribution >= 0.6 is 11.3 Å². The molecule has 1 aromatic heterocycles. The molecular weight excluding hydrogens is 435 g/mol. The van der Waals surface area contributed by atoms with Gasteiger partial charge in [0.15, 0.2) is 0 Å². The molecule has 29 heavy (non-hydrogen) atoms. The number of carboxylic acids is 1. The first kappa shape index (κ1) is 24.0. The van der Waals surface area contributed by atoms with Crippen molar-refractivity contribution in [3.63, 3.8) is 0 Å². The highest BCUT2D eigenvalue weighted by Gasteiger charge is 2.43. The minimum absolute atomic E-state index is 0.0108. The minimum Gasteiger partial charge on any atom is -0.475 e. The molecule has 2 fully saturated rings. The second-order valence-corrected chi connectivity index (χ2v) is 9.94. The molecule has 3 heterocycles. The van der Waals surface area contributed by atoms with Crippen LogP contribution in [0.4, 0.5) is 13.2 Å². The Labute approximate surface area is 171 Å². The topological polar surface area (TPSA) is 109 Å². The monoisotopic (exact) mass is 459 g/mol. The Bertz CT molecular complexity index is 773. The molecule has 0 amide bonds. The van der Waals surface area contributed by atoms with Crippen LogP contribution in [0.15, 0.2) is 11.6 Å². The smallest absolute Gasteiger partial charge is 0.475 e. The molecule has 1 spiro atoms. The van der Waals surface area contributed by atoms with E-state index in [1.54, 1.807) is 11.3 Å². The number of alkyl halides is 3. The normalized spacial score (nSPS) is 25.6. The molecule has 0 bridgehead atoms. The molecule has 2 aliphatic heterocycles. The highest BCUT2D eigenvalue weighted by molar-refractivity contribution is 7.88. The van der Waals surface area contributed by atoms with Gasteiger partial charge in [0.25, 0.3) is 0 Å². The van der Waals surface area contributed by atoms with E-state index in [4.69, 9.17) is 14.6 Å². The Morgan fingerprint density at radius 3 is 2.72 bits per heavy atom. The summed E-state index contributed by atoms with van der Waals surface area (Å²) in [4.78, 5) is 15.6. The number of aromatic nitrogens is 1. The highest BCUT2D eigenvalue weighted by atomic mass is 32.2. The fraction of sp³-hybridized carbons (Fsp3) is 0.750. The summed E-state index contributed by atoms with van der Waals surface area (Å²) in [6.07, 6.45) is 2.05. The van der Waals surface area contributed by atoms with Crippen molar-refractivity contribution < 1.29 is 36.2 Å². The van der Waals surface area contributed by atoms with E-state index in [-0.39, 0.29) is 11.7 Å². The lowest BCUT2D eigenvalue weighted by molar-refractivity contribution is -0.192. The van der Waals surface area contributed by atoms with E-state index < -0.39 is 22.2 Å². The number of thiazole rings is 1. The van der Waals surface area contributed by atoms with Crippen molar-refractivity contribution in [3.05, 3.63) is 16.6 Å². The lowest BCUT2D eigenvalue weighted by atomic mass is 9.90. The molecule has 1 aromatic rings. The van der Waals surface area contributed by atoms with Gasteiger partial charge < -0.3 is 9.84 Å². The van der Waals surface area contributed by atoms with Gasteiger partial charge in [-0.1, -0.05) is 0 Å². The van der Waals surface area contributed by atoms with Gasteiger partial charge in [0.05, 0.1) is 24.5 Å². The summed E-state index contributed by atoms with van der Waals surface area (Å²) >= 11 is 1.69. The van der Waals surface area contributed by atoms with E-state index in [1.165, 1.54) is 6.26 Å². The zero-order valence-corrected chi connectivity index (χ0v) is 17.4. The molecule has 2 aliphatic rings. The van der Waals surface area contributed by atoms with Crippen LogP contribution in [0.3, 0.4) is 0 Å². The maximum absolute atomic E-state index is 11.2. The quantitative estimate of drug-likeness (QED) is 0.692. The van der Waals surface area contributed by atoms with Crippen molar-refractivity contribution in [2.75, 3.05) is 25.9 Å². The molecule has 0 unspecified atom stereocenters. The largest absolute Gasteiger partial charge is 0.490 e. The lowest BCUT2D eigenvalue weighted by Crippen LogP contribution is -2.46. The molecule has 2 saturated heterocycles. The van der Waals surface area contributed by atoms with Gasteiger partial charge in [0, 0.05) is 31.2 Å². The van der Waals surface area contributed by atoms with Crippen molar-refractivity contribution in [2.45, 2.75) is 50.1 Å². The molecule has 0 radical (unpaired) electrons. The minimum atomic E-state index is -5.08. The summed E-state index contributed by atoms with van der Waals surface area (Å²) in [5.74, 6) is -2.76. The first-order chi connectivity index (χ1) is 13.4. The highest BCUT2D eigenvalue weighted by Crippen LogP contribution is 2.37. The number of carboxylic acid groups (broad SMARTS) is 1. The van der Waals surface area contributed by atoms with Gasteiger partial charge >= 0.3 is 12.1 Å². The molecule has 0 aromatic carbocycles. The number of rotatable bonds is 5. The number of sulfonamides is 1. The summed E-state index contributed by atoms with van der Waals surface area (Å²) in [6.45, 7) is 3.20. The number of halogens is 3. The van der Waals surface area contributed by atoms with Crippen LogP contribution in [0.5, 0.6) is 0 Å². The summed E-state index contributed by atoms with van der Waals surface area (Å²) in [5.41, 5.74) is -0.0979. The fourth-order valence-electron chi connectivity index (χ4n) is 3.40. The second kappa shape index (κ2) is 9.69. The van der Waals surface area contributed by atoms with Crippen molar-refractivity contribution in [3.8, 4) is 0 Å². The maximum atomic E-state index is 11.2. The number of likely N-dealkylation sites (tertiary alicyclic amines) is 1. The van der Waals surface area contributed by atoms with Crippen LogP contribution in [-0.4, -0.2) is 73.1 Å². The molecule has 0 saturated carbocycles. The predicted molar refractivity (Wildman–Crippen MR) is 100 cm³/mol. The van der Waals surface area contributed by atoms with Crippen LogP contribution < -0.4 is 4.72 Å². The summed E-state index contributed by atoms with van der Waals surface area (Å²) in [7, 11) is -3.15. The van der Waals surface area contributed by atoms with E-state index in [1.807, 2.05) is 11.6 Å². The first-order valence-corrected chi connectivity index (χ1v) is 11.7. The van der Waals surface area contributed by atoms with E-state index in [0.717, 1.165) is 50.3 Å². The Balaban J connectivity index is 0.000000370.